The highest BCUT2D eigenvalue weighted by molar-refractivity contribution is 5.48. The van der Waals surface area contributed by atoms with Gasteiger partial charge in [0.05, 0.1) is 0 Å². The van der Waals surface area contributed by atoms with Crippen LogP contribution >= 0.6 is 0 Å². The predicted octanol–water partition coefficient (Wildman–Crippen LogP) is 2.38. The first-order valence-corrected chi connectivity index (χ1v) is 4.87. The molecule has 1 aromatic carbocycles. The summed E-state index contributed by atoms with van der Waals surface area (Å²) in [6.07, 6.45) is 0. The van der Waals surface area contributed by atoms with E-state index in [1.165, 1.54) is 11.1 Å². The molecule has 0 saturated heterocycles. The van der Waals surface area contributed by atoms with Crippen LogP contribution < -0.4 is 0 Å². The van der Waals surface area contributed by atoms with E-state index >= 15 is 0 Å². The first-order chi connectivity index (χ1) is 6.43. The number of hydrogen-bond acceptors (Lipinski definition) is 2. The summed E-state index contributed by atoms with van der Waals surface area (Å²) < 4.78 is 0. The predicted molar refractivity (Wildman–Crippen MR) is 59.7 cm³/mol. The van der Waals surface area contributed by atoms with E-state index in [9.17, 15) is 5.11 Å². The molecule has 0 atom stereocenters. The normalized spacial score (nSPS) is 11.0. The van der Waals surface area contributed by atoms with Gasteiger partial charge in [0, 0.05) is 6.54 Å². The lowest BCUT2D eigenvalue weighted by molar-refractivity contribution is 0.397. The molecule has 0 aromatic heterocycles. The third kappa shape index (κ3) is 2.07. The standard InChI is InChI=1S/C12H19NO/c1-8-6-9(2)12(14)10(3)11(8)7-13(4)5/h6,14H,7H2,1-5H3. The van der Waals surface area contributed by atoms with Gasteiger partial charge in [0.15, 0.2) is 0 Å². The van der Waals surface area contributed by atoms with Gasteiger partial charge in [0.2, 0.25) is 0 Å². The maximum atomic E-state index is 9.81. The molecule has 1 rings (SSSR count). The Bertz CT molecular complexity index is 343. The van der Waals surface area contributed by atoms with Crippen molar-refractivity contribution < 1.29 is 5.11 Å². The molecule has 0 saturated carbocycles. The van der Waals surface area contributed by atoms with Gasteiger partial charge in [-0.15, -0.1) is 0 Å². The number of aromatic hydroxyl groups is 1. The smallest absolute Gasteiger partial charge is 0.121 e. The number of aryl methyl sites for hydroxylation is 2. The van der Waals surface area contributed by atoms with Crippen LogP contribution in [-0.4, -0.2) is 24.1 Å². The number of nitrogens with zero attached hydrogens (tertiary/aromatic N) is 1. The van der Waals surface area contributed by atoms with E-state index in [-0.39, 0.29) is 0 Å². The zero-order valence-electron chi connectivity index (χ0n) is 9.68. The van der Waals surface area contributed by atoms with Gasteiger partial charge in [0.25, 0.3) is 0 Å². The fourth-order valence-electron chi connectivity index (χ4n) is 1.77. The van der Waals surface area contributed by atoms with Gasteiger partial charge in [-0.1, -0.05) is 6.07 Å². The van der Waals surface area contributed by atoms with Crippen LogP contribution in [0.1, 0.15) is 22.3 Å². The Morgan fingerprint density at radius 3 is 2.21 bits per heavy atom. The fraction of sp³-hybridized carbons (Fsp3) is 0.500. The number of phenolic OH excluding ortho intramolecular Hbond substituents is 1. The second-order valence-corrected chi connectivity index (χ2v) is 4.20. The molecule has 0 fully saturated rings. The molecule has 14 heavy (non-hydrogen) atoms. The molecule has 1 N–H and O–H groups in total. The number of phenols is 1. The van der Waals surface area contributed by atoms with E-state index in [2.05, 4.69) is 11.8 Å². The Balaban J connectivity index is 3.22. The van der Waals surface area contributed by atoms with E-state index in [1.54, 1.807) is 0 Å². The second-order valence-electron chi connectivity index (χ2n) is 4.20. The fourth-order valence-corrected chi connectivity index (χ4v) is 1.77. The highest BCUT2D eigenvalue weighted by Crippen LogP contribution is 2.28. The third-order valence-corrected chi connectivity index (χ3v) is 2.56. The SMILES string of the molecule is Cc1cc(C)c(CN(C)C)c(C)c1O. The molecular weight excluding hydrogens is 174 g/mol. The monoisotopic (exact) mass is 193 g/mol. The molecule has 1 aromatic rings. The van der Waals surface area contributed by atoms with Crippen LogP contribution in [0.3, 0.4) is 0 Å². The molecule has 0 radical (unpaired) electrons. The highest BCUT2D eigenvalue weighted by Gasteiger charge is 2.10. The maximum Gasteiger partial charge on any atom is 0.121 e. The van der Waals surface area contributed by atoms with Crippen molar-refractivity contribution >= 4 is 0 Å². The van der Waals surface area contributed by atoms with Gasteiger partial charge < -0.3 is 10.0 Å². The van der Waals surface area contributed by atoms with Crippen LogP contribution in [0.5, 0.6) is 5.75 Å². The Labute approximate surface area is 86.2 Å². The first-order valence-electron chi connectivity index (χ1n) is 4.87. The molecule has 2 nitrogen and oxygen atoms in total. The van der Waals surface area contributed by atoms with Crippen LogP contribution in [0.4, 0.5) is 0 Å². The summed E-state index contributed by atoms with van der Waals surface area (Å²) in [5, 5.41) is 9.81. The summed E-state index contributed by atoms with van der Waals surface area (Å²) in [5.74, 6) is 0.437. The summed E-state index contributed by atoms with van der Waals surface area (Å²) in [6.45, 7) is 6.90. The van der Waals surface area contributed by atoms with Crippen LogP contribution in [0.2, 0.25) is 0 Å². The molecule has 0 bridgehead atoms. The quantitative estimate of drug-likeness (QED) is 0.779. The largest absolute Gasteiger partial charge is 0.507 e. The summed E-state index contributed by atoms with van der Waals surface area (Å²) in [6, 6.07) is 2.04. The number of hydrogen-bond donors (Lipinski definition) is 1. The molecule has 0 aliphatic carbocycles. The third-order valence-electron chi connectivity index (χ3n) is 2.56. The van der Waals surface area contributed by atoms with Crippen molar-refractivity contribution in [3.05, 3.63) is 28.3 Å². The molecule has 0 spiro atoms. The van der Waals surface area contributed by atoms with Crippen LogP contribution in [0.25, 0.3) is 0 Å². The Morgan fingerprint density at radius 2 is 1.71 bits per heavy atom. The summed E-state index contributed by atoms with van der Waals surface area (Å²) >= 11 is 0. The second kappa shape index (κ2) is 4.01. The van der Waals surface area contributed by atoms with E-state index in [1.807, 2.05) is 34.0 Å². The van der Waals surface area contributed by atoms with Gasteiger partial charge in [-0.3, -0.25) is 0 Å². The van der Waals surface area contributed by atoms with E-state index in [0.29, 0.717) is 5.75 Å². The Kier molecular flexibility index (Phi) is 3.17. The zero-order valence-corrected chi connectivity index (χ0v) is 9.68. The molecule has 78 valence electrons. The van der Waals surface area contributed by atoms with Crippen molar-refractivity contribution in [3.8, 4) is 5.75 Å². The van der Waals surface area contributed by atoms with Crippen molar-refractivity contribution in [2.24, 2.45) is 0 Å². The van der Waals surface area contributed by atoms with Crippen molar-refractivity contribution in [1.29, 1.82) is 0 Å². The zero-order chi connectivity index (χ0) is 10.9. The Hall–Kier alpha value is -1.02. The lowest BCUT2D eigenvalue weighted by atomic mass is 9.98. The molecule has 0 aliphatic rings. The van der Waals surface area contributed by atoms with E-state index in [4.69, 9.17) is 0 Å². The Morgan fingerprint density at radius 1 is 1.14 bits per heavy atom. The molecule has 2 heteroatoms. The van der Waals surface area contributed by atoms with E-state index in [0.717, 1.165) is 17.7 Å². The van der Waals surface area contributed by atoms with Crippen molar-refractivity contribution in [3.63, 3.8) is 0 Å². The number of rotatable bonds is 2. The van der Waals surface area contributed by atoms with Gasteiger partial charge in [-0.05, 0) is 57.1 Å². The van der Waals surface area contributed by atoms with Gasteiger partial charge in [-0.25, -0.2) is 0 Å². The van der Waals surface area contributed by atoms with Crippen LogP contribution in [-0.2, 0) is 6.54 Å². The van der Waals surface area contributed by atoms with Crippen LogP contribution in [0, 0.1) is 20.8 Å². The lowest BCUT2D eigenvalue weighted by Crippen LogP contribution is -2.13. The highest BCUT2D eigenvalue weighted by atomic mass is 16.3. The first kappa shape index (κ1) is 11.1. The summed E-state index contributed by atoms with van der Waals surface area (Å²) in [5.41, 5.74) is 4.46. The molecule has 0 unspecified atom stereocenters. The summed E-state index contributed by atoms with van der Waals surface area (Å²) in [7, 11) is 4.07. The molecule has 0 amide bonds. The van der Waals surface area contributed by atoms with E-state index < -0.39 is 0 Å². The lowest BCUT2D eigenvalue weighted by Gasteiger charge is -2.17. The minimum atomic E-state index is 0.437. The minimum Gasteiger partial charge on any atom is -0.507 e. The number of benzene rings is 1. The topological polar surface area (TPSA) is 23.5 Å². The van der Waals surface area contributed by atoms with Crippen molar-refractivity contribution in [2.75, 3.05) is 14.1 Å². The van der Waals surface area contributed by atoms with Gasteiger partial charge in [0.1, 0.15) is 5.75 Å². The average molecular weight is 193 g/mol. The maximum absolute atomic E-state index is 9.81. The minimum absolute atomic E-state index is 0.437. The van der Waals surface area contributed by atoms with Crippen molar-refractivity contribution in [1.82, 2.24) is 4.90 Å². The van der Waals surface area contributed by atoms with Gasteiger partial charge in [-0.2, -0.15) is 0 Å². The molecule has 0 aliphatic heterocycles. The summed E-state index contributed by atoms with van der Waals surface area (Å²) in [4.78, 5) is 2.12. The van der Waals surface area contributed by atoms with Crippen LogP contribution in [0.15, 0.2) is 6.07 Å². The van der Waals surface area contributed by atoms with Crippen molar-refractivity contribution in [2.45, 2.75) is 27.3 Å². The van der Waals surface area contributed by atoms with Gasteiger partial charge >= 0.3 is 0 Å². The average Bonchev–Trinajstić information content (AvgIpc) is 2.09. The molecule has 0 heterocycles. The molecular formula is C12H19NO.